The minimum atomic E-state index is -2.44. The Balaban J connectivity index is 2.97. The molecule has 0 bridgehead atoms. The van der Waals surface area contributed by atoms with Gasteiger partial charge in [0.1, 0.15) is 12.7 Å². The van der Waals surface area contributed by atoms with E-state index in [1.165, 1.54) is 0 Å². The molecule has 0 aromatic carbocycles. The Bertz CT molecular complexity index is 235. The summed E-state index contributed by atoms with van der Waals surface area (Å²) in [6, 6.07) is 0. The lowest BCUT2D eigenvalue weighted by Crippen LogP contribution is -2.41. The van der Waals surface area contributed by atoms with E-state index in [1.807, 2.05) is 0 Å². The normalized spacial score (nSPS) is 36.2. The van der Waals surface area contributed by atoms with Gasteiger partial charge in [0.15, 0.2) is 0 Å². The maximum Gasteiger partial charge on any atom is 0.347 e. The number of nitrogens with zero attached hydrogens (tertiary/aromatic N) is 3. The Morgan fingerprint density at radius 1 is 1.91 bits per heavy atom. The molecule has 7 heteroatoms. The van der Waals surface area contributed by atoms with E-state index < -0.39 is 17.8 Å². The van der Waals surface area contributed by atoms with Crippen LogP contribution in [0, 0.1) is 0 Å². The van der Waals surface area contributed by atoms with Crippen molar-refractivity contribution in [1.29, 1.82) is 0 Å². The van der Waals surface area contributed by atoms with Gasteiger partial charge in [-0.3, -0.25) is 0 Å². The fraction of sp³-hybridized carbons (Fsp3) is 0.750. The molecule has 7 nitrogen and oxygen atoms in total. The fourth-order valence-corrected chi connectivity index (χ4v) is 0.689. The van der Waals surface area contributed by atoms with Crippen molar-refractivity contribution < 1.29 is 19.7 Å². The average molecular weight is 159 g/mol. The molecule has 0 saturated carbocycles. The lowest BCUT2D eigenvalue weighted by atomic mass is 10.1. The van der Waals surface area contributed by atoms with Gasteiger partial charge in [0.2, 0.25) is 0 Å². The quantitative estimate of drug-likeness (QED) is 0.218. The van der Waals surface area contributed by atoms with Crippen LogP contribution in [0.3, 0.4) is 0 Å². The number of rotatable bonds is 1. The molecule has 1 aliphatic heterocycles. The van der Waals surface area contributed by atoms with Crippen LogP contribution in [0.4, 0.5) is 0 Å². The first-order chi connectivity index (χ1) is 5.11. The van der Waals surface area contributed by atoms with E-state index in [9.17, 15) is 4.79 Å². The second-order valence-electron chi connectivity index (χ2n) is 2.03. The van der Waals surface area contributed by atoms with E-state index >= 15 is 0 Å². The number of aliphatic hydroxyl groups excluding tert-OH is 1. The van der Waals surface area contributed by atoms with Crippen LogP contribution < -0.4 is 0 Å². The van der Waals surface area contributed by atoms with Gasteiger partial charge in [-0.05, 0) is 10.6 Å². The minimum absolute atomic E-state index is 0.353. The van der Waals surface area contributed by atoms with Crippen molar-refractivity contribution in [3.63, 3.8) is 0 Å². The number of carbonyl (C=O) groups is 1. The highest BCUT2D eigenvalue weighted by atomic mass is 16.6. The van der Waals surface area contributed by atoms with Crippen molar-refractivity contribution in [3.8, 4) is 0 Å². The summed E-state index contributed by atoms with van der Waals surface area (Å²) in [5.41, 5.74) is 5.47. The van der Waals surface area contributed by atoms with E-state index in [4.69, 9.17) is 15.7 Å². The number of ether oxygens (including phenoxy) is 1. The van der Waals surface area contributed by atoms with Crippen LogP contribution in [0.1, 0.15) is 0 Å². The van der Waals surface area contributed by atoms with Crippen molar-refractivity contribution in [2.75, 3.05) is 6.61 Å². The van der Waals surface area contributed by atoms with Gasteiger partial charge in [0.05, 0.1) is 0 Å². The van der Waals surface area contributed by atoms with Gasteiger partial charge in [-0.25, -0.2) is 4.79 Å². The number of hydrogen-bond donors (Lipinski definition) is 2. The Morgan fingerprint density at radius 3 is 2.91 bits per heavy atom. The fourth-order valence-electron chi connectivity index (χ4n) is 0.689. The first-order valence-corrected chi connectivity index (χ1v) is 2.75. The first kappa shape index (κ1) is 7.80. The molecule has 1 rings (SSSR count). The zero-order valence-electron chi connectivity index (χ0n) is 5.34. The summed E-state index contributed by atoms with van der Waals surface area (Å²) < 4.78 is 4.23. The third-order valence-corrected chi connectivity index (χ3v) is 1.33. The molecule has 0 amide bonds. The van der Waals surface area contributed by atoms with Crippen LogP contribution >= 0.6 is 0 Å². The molecule has 2 atom stereocenters. The summed E-state index contributed by atoms with van der Waals surface area (Å²) in [7, 11) is 0. The number of azide groups is 1. The molecule has 0 aromatic heterocycles. The molecular weight excluding hydrogens is 154 g/mol. The molecule has 0 aromatic rings. The Labute approximate surface area is 60.8 Å². The van der Waals surface area contributed by atoms with Crippen molar-refractivity contribution in [2.45, 2.75) is 11.8 Å². The van der Waals surface area contributed by atoms with Gasteiger partial charge in [0.25, 0.3) is 5.72 Å². The first-order valence-electron chi connectivity index (χ1n) is 2.75. The number of hydrogen-bond acceptors (Lipinski definition) is 5. The average Bonchev–Trinajstić information content (AvgIpc) is 2.19. The van der Waals surface area contributed by atoms with Gasteiger partial charge < -0.3 is 14.9 Å². The maximum atomic E-state index is 10.6. The third-order valence-electron chi connectivity index (χ3n) is 1.33. The molecule has 1 heterocycles. The molecule has 1 saturated heterocycles. The van der Waals surface area contributed by atoms with Gasteiger partial charge in [0, 0.05) is 4.91 Å². The number of cyclic esters (lactones) is 1. The summed E-state index contributed by atoms with van der Waals surface area (Å²) in [4.78, 5) is 12.8. The lowest BCUT2D eigenvalue weighted by Gasteiger charge is -2.12. The Kier molecular flexibility index (Phi) is 1.69. The Morgan fingerprint density at radius 2 is 2.55 bits per heavy atom. The maximum absolute atomic E-state index is 10.6. The third kappa shape index (κ3) is 1.01. The van der Waals surface area contributed by atoms with Crippen LogP contribution in [0.5, 0.6) is 0 Å². The summed E-state index contributed by atoms with van der Waals surface area (Å²) in [6.07, 6.45) is -1.48. The van der Waals surface area contributed by atoms with Gasteiger partial charge in [-0.1, -0.05) is 0 Å². The minimum Gasteiger partial charge on any atom is -0.460 e. The molecule has 0 aliphatic carbocycles. The topological polar surface area (TPSA) is 116 Å². The largest absolute Gasteiger partial charge is 0.460 e. The molecule has 0 radical (unpaired) electrons. The summed E-state index contributed by atoms with van der Waals surface area (Å²) >= 11 is 0. The molecule has 1 aliphatic rings. The van der Waals surface area contributed by atoms with Crippen LogP contribution in [0.2, 0.25) is 0 Å². The number of esters is 1. The highest BCUT2D eigenvalue weighted by molar-refractivity contribution is 5.81. The van der Waals surface area contributed by atoms with Crippen molar-refractivity contribution >= 4 is 5.97 Å². The molecule has 11 heavy (non-hydrogen) atoms. The molecular formula is C4H5N3O4. The second-order valence-corrected chi connectivity index (χ2v) is 2.03. The molecule has 1 fully saturated rings. The van der Waals surface area contributed by atoms with E-state index in [1.54, 1.807) is 0 Å². The molecule has 0 spiro atoms. The van der Waals surface area contributed by atoms with E-state index in [-0.39, 0.29) is 6.61 Å². The highest BCUT2D eigenvalue weighted by Gasteiger charge is 2.50. The van der Waals surface area contributed by atoms with Gasteiger partial charge in [-0.2, -0.15) is 0 Å². The zero-order valence-corrected chi connectivity index (χ0v) is 5.34. The summed E-state index contributed by atoms with van der Waals surface area (Å²) in [6.45, 7) is -0.353. The number of aliphatic hydroxyl groups is 2. The van der Waals surface area contributed by atoms with E-state index in [2.05, 4.69) is 14.8 Å². The smallest absolute Gasteiger partial charge is 0.347 e. The summed E-state index contributed by atoms with van der Waals surface area (Å²) in [5.74, 6) is -1.12. The molecule has 0 unspecified atom stereocenters. The standard InChI is InChI=1S/C4H5N3O4/c5-7-6-4(10)2(8)1-11-3(4)9/h2,8,10H,1H2/t2-,4-/m1/s1. The zero-order chi connectivity index (χ0) is 8.48. The van der Waals surface area contributed by atoms with Crippen molar-refractivity contribution in [1.82, 2.24) is 0 Å². The van der Waals surface area contributed by atoms with Gasteiger partial charge in [-0.15, -0.1) is 0 Å². The SMILES string of the molecule is [N-]=[N+]=N[C@]1(O)C(=O)OC[C@H]1O. The predicted octanol–water partition coefficient (Wildman–Crippen LogP) is -1.10. The van der Waals surface area contributed by atoms with Gasteiger partial charge >= 0.3 is 5.97 Å². The highest BCUT2D eigenvalue weighted by Crippen LogP contribution is 2.21. The van der Waals surface area contributed by atoms with Crippen LogP contribution in [-0.2, 0) is 9.53 Å². The van der Waals surface area contributed by atoms with Crippen molar-refractivity contribution in [3.05, 3.63) is 10.4 Å². The molecule has 2 N–H and O–H groups in total. The van der Waals surface area contributed by atoms with E-state index in [0.717, 1.165) is 0 Å². The lowest BCUT2D eigenvalue weighted by molar-refractivity contribution is -0.155. The van der Waals surface area contributed by atoms with E-state index in [0.29, 0.717) is 0 Å². The summed E-state index contributed by atoms with van der Waals surface area (Å²) in [5, 5.41) is 20.7. The van der Waals surface area contributed by atoms with Crippen LogP contribution in [-0.4, -0.2) is 34.6 Å². The monoisotopic (exact) mass is 159 g/mol. The second kappa shape index (κ2) is 2.39. The van der Waals surface area contributed by atoms with Crippen LogP contribution in [0.15, 0.2) is 5.11 Å². The van der Waals surface area contributed by atoms with Crippen LogP contribution in [0.25, 0.3) is 10.4 Å². The van der Waals surface area contributed by atoms with Crippen molar-refractivity contribution in [2.24, 2.45) is 5.11 Å². The number of carbonyl (C=O) groups excluding carboxylic acids is 1. The molecule has 60 valence electrons. The predicted molar refractivity (Wildman–Crippen MR) is 31.1 cm³/mol. The Hall–Kier alpha value is -1.30.